The van der Waals surface area contributed by atoms with Gasteiger partial charge in [-0.2, -0.15) is 0 Å². The van der Waals surface area contributed by atoms with E-state index in [1.807, 2.05) is 0 Å². The van der Waals surface area contributed by atoms with E-state index in [0.29, 0.717) is 0 Å². The topological polar surface area (TPSA) is 0 Å². The number of rotatable bonds is 0. The molecule has 0 atom stereocenters. The Balaban J connectivity index is 1.96. The largest absolute Gasteiger partial charge is 0.0802 e. The predicted octanol–water partition coefficient (Wildman–Crippen LogP) is 3.29. The Morgan fingerprint density at radius 2 is 1.25 bits per heavy atom. The van der Waals surface area contributed by atoms with Gasteiger partial charge in [0.15, 0.2) is 0 Å². The molecule has 0 saturated carbocycles. The van der Waals surface area contributed by atoms with E-state index < -0.39 is 0 Å². The standard InChI is InChI=1S/C12H12/c1-3-9-7-11-5-2-6-12(11)8-10(9)4-1/h1-3,6H,4-5,7-8H2. The zero-order valence-corrected chi connectivity index (χ0v) is 7.14. The van der Waals surface area contributed by atoms with Crippen LogP contribution in [-0.4, -0.2) is 0 Å². The second-order valence-electron chi connectivity index (χ2n) is 3.82. The zero-order chi connectivity index (χ0) is 7.97. The summed E-state index contributed by atoms with van der Waals surface area (Å²) in [6.07, 6.45) is 14.1. The molecule has 0 heteroatoms. The summed E-state index contributed by atoms with van der Waals surface area (Å²) in [7, 11) is 0. The molecular formula is C12H12. The van der Waals surface area contributed by atoms with Gasteiger partial charge in [-0.15, -0.1) is 0 Å². The van der Waals surface area contributed by atoms with Crippen molar-refractivity contribution >= 4 is 0 Å². The first-order chi connectivity index (χ1) is 5.93. The second-order valence-corrected chi connectivity index (χ2v) is 3.82. The maximum atomic E-state index is 2.32. The first kappa shape index (κ1) is 6.47. The summed E-state index contributed by atoms with van der Waals surface area (Å²) in [5.74, 6) is 0. The Hall–Kier alpha value is -1.04. The fraction of sp³-hybridized carbons (Fsp3) is 0.333. The van der Waals surface area contributed by atoms with Gasteiger partial charge in [0.1, 0.15) is 0 Å². The lowest BCUT2D eigenvalue weighted by Crippen LogP contribution is -1.97. The molecule has 0 N–H and O–H groups in total. The van der Waals surface area contributed by atoms with Gasteiger partial charge in [-0.05, 0) is 36.8 Å². The van der Waals surface area contributed by atoms with E-state index in [1.165, 1.54) is 25.7 Å². The molecule has 0 nitrogen and oxygen atoms in total. The Morgan fingerprint density at radius 3 is 1.75 bits per heavy atom. The number of hydrogen-bond donors (Lipinski definition) is 0. The van der Waals surface area contributed by atoms with E-state index in [2.05, 4.69) is 24.3 Å². The molecule has 0 amide bonds. The van der Waals surface area contributed by atoms with Crippen LogP contribution in [0, 0.1) is 0 Å². The third-order valence-corrected chi connectivity index (χ3v) is 3.08. The van der Waals surface area contributed by atoms with Gasteiger partial charge in [0, 0.05) is 0 Å². The van der Waals surface area contributed by atoms with Crippen molar-refractivity contribution in [1.82, 2.24) is 0 Å². The minimum Gasteiger partial charge on any atom is -0.0802 e. The molecule has 12 heavy (non-hydrogen) atoms. The molecule has 0 aromatic heterocycles. The van der Waals surface area contributed by atoms with Crippen LogP contribution in [0.15, 0.2) is 46.6 Å². The summed E-state index contributed by atoms with van der Waals surface area (Å²) in [4.78, 5) is 0. The quantitative estimate of drug-likeness (QED) is 0.505. The Bertz CT molecular complexity index is 312. The van der Waals surface area contributed by atoms with Crippen molar-refractivity contribution in [2.75, 3.05) is 0 Å². The molecule has 0 aromatic rings. The Morgan fingerprint density at radius 1 is 0.750 bits per heavy atom. The minimum absolute atomic E-state index is 1.21. The SMILES string of the molecule is C1=CC2=C(C1)CC1=C(CC=C1)C2. The van der Waals surface area contributed by atoms with Crippen molar-refractivity contribution in [3.05, 3.63) is 46.6 Å². The third kappa shape index (κ3) is 0.781. The molecule has 0 radical (unpaired) electrons. The lowest BCUT2D eigenvalue weighted by atomic mass is 9.89. The van der Waals surface area contributed by atoms with Crippen molar-refractivity contribution < 1.29 is 0 Å². The van der Waals surface area contributed by atoms with Crippen LogP contribution in [0.25, 0.3) is 0 Å². The summed E-state index contributed by atoms with van der Waals surface area (Å²) in [6, 6.07) is 0. The second kappa shape index (κ2) is 2.22. The van der Waals surface area contributed by atoms with Crippen LogP contribution in [0.3, 0.4) is 0 Å². The highest BCUT2D eigenvalue weighted by Crippen LogP contribution is 2.40. The van der Waals surface area contributed by atoms with Crippen molar-refractivity contribution in [3.8, 4) is 0 Å². The molecule has 0 aliphatic heterocycles. The molecule has 3 aliphatic carbocycles. The molecule has 60 valence electrons. The van der Waals surface area contributed by atoms with Gasteiger partial charge < -0.3 is 0 Å². The van der Waals surface area contributed by atoms with E-state index in [0.717, 1.165) is 0 Å². The van der Waals surface area contributed by atoms with Gasteiger partial charge in [-0.1, -0.05) is 35.5 Å². The number of hydrogen-bond acceptors (Lipinski definition) is 0. The highest BCUT2D eigenvalue weighted by molar-refractivity contribution is 5.50. The average molecular weight is 156 g/mol. The average Bonchev–Trinajstić information content (AvgIpc) is 2.64. The Labute approximate surface area is 73.0 Å². The van der Waals surface area contributed by atoms with Crippen LogP contribution in [0.4, 0.5) is 0 Å². The molecule has 0 bridgehead atoms. The molecule has 0 unspecified atom stereocenters. The normalized spacial score (nSPS) is 25.3. The maximum Gasteiger partial charge on any atom is -0.00584 e. The van der Waals surface area contributed by atoms with Gasteiger partial charge in [0.25, 0.3) is 0 Å². The first-order valence-corrected chi connectivity index (χ1v) is 4.68. The van der Waals surface area contributed by atoms with Crippen LogP contribution >= 0.6 is 0 Å². The summed E-state index contributed by atoms with van der Waals surface area (Å²) in [6.45, 7) is 0. The summed E-state index contributed by atoms with van der Waals surface area (Å²) >= 11 is 0. The van der Waals surface area contributed by atoms with Gasteiger partial charge in [0.2, 0.25) is 0 Å². The molecule has 3 rings (SSSR count). The minimum atomic E-state index is 1.21. The van der Waals surface area contributed by atoms with Gasteiger partial charge in [-0.25, -0.2) is 0 Å². The summed E-state index contributed by atoms with van der Waals surface area (Å²) in [5, 5.41) is 0. The molecular weight excluding hydrogens is 144 g/mol. The molecule has 0 spiro atoms. The highest BCUT2D eigenvalue weighted by Gasteiger charge is 2.20. The molecule has 0 heterocycles. The lowest BCUT2D eigenvalue weighted by molar-refractivity contribution is 0.947. The molecule has 0 fully saturated rings. The van der Waals surface area contributed by atoms with Crippen molar-refractivity contribution in [2.24, 2.45) is 0 Å². The van der Waals surface area contributed by atoms with Crippen LogP contribution in [0.5, 0.6) is 0 Å². The van der Waals surface area contributed by atoms with E-state index in [-0.39, 0.29) is 0 Å². The van der Waals surface area contributed by atoms with E-state index >= 15 is 0 Å². The van der Waals surface area contributed by atoms with Gasteiger partial charge in [0.05, 0.1) is 0 Å². The van der Waals surface area contributed by atoms with Crippen LogP contribution < -0.4 is 0 Å². The maximum absolute atomic E-state index is 2.32. The predicted molar refractivity (Wildman–Crippen MR) is 50.8 cm³/mol. The van der Waals surface area contributed by atoms with Gasteiger partial charge >= 0.3 is 0 Å². The lowest BCUT2D eigenvalue weighted by Gasteiger charge is -2.16. The monoisotopic (exact) mass is 156 g/mol. The fourth-order valence-corrected chi connectivity index (χ4v) is 2.38. The smallest absolute Gasteiger partial charge is 0.00584 e. The third-order valence-electron chi connectivity index (χ3n) is 3.08. The van der Waals surface area contributed by atoms with Crippen LogP contribution in [0.1, 0.15) is 25.7 Å². The van der Waals surface area contributed by atoms with Crippen LogP contribution in [0.2, 0.25) is 0 Å². The summed E-state index contributed by atoms with van der Waals surface area (Å²) in [5.41, 5.74) is 6.55. The van der Waals surface area contributed by atoms with Crippen LogP contribution in [-0.2, 0) is 0 Å². The van der Waals surface area contributed by atoms with Gasteiger partial charge in [-0.3, -0.25) is 0 Å². The molecule has 0 saturated heterocycles. The Kier molecular flexibility index (Phi) is 1.20. The van der Waals surface area contributed by atoms with Crippen molar-refractivity contribution in [1.29, 1.82) is 0 Å². The van der Waals surface area contributed by atoms with E-state index in [4.69, 9.17) is 0 Å². The van der Waals surface area contributed by atoms with E-state index in [1.54, 1.807) is 22.3 Å². The first-order valence-electron chi connectivity index (χ1n) is 4.68. The number of allylic oxidation sites excluding steroid dienone is 8. The molecule has 3 aliphatic rings. The zero-order valence-electron chi connectivity index (χ0n) is 7.14. The summed E-state index contributed by atoms with van der Waals surface area (Å²) < 4.78 is 0. The van der Waals surface area contributed by atoms with Crippen molar-refractivity contribution in [2.45, 2.75) is 25.7 Å². The van der Waals surface area contributed by atoms with Crippen molar-refractivity contribution in [3.63, 3.8) is 0 Å². The molecule has 0 aromatic carbocycles. The van der Waals surface area contributed by atoms with E-state index in [9.17, 15) is 0 Å². The fourth-order valence-electron chi connectivity index (χ4n) is 2.38. The highest BCUT2D eigenvalue weighted by atomic mass is 14.3.